The average molecular weight is 288 g/mol. The van der Waals surface area contributed by atoms with Crippen LogP contribution in [0, 0.1) is 5.92 Å². The zero-order valence-corrected chi connectivity index (χ0v) is 12.3. The van der Waals surface area contributed by atoms with Gasteiger partial charge in [0.15, 0.2) is 11.5 Å². The summed E-state index contributed by atoms with van der Waals surface area (Å²) in [6, 6.07) is 11.5. The van der Waals surface area contributed by atoms with E-state index < -0.39 is 0 Å². The standard InChI is InChI=1S/C16H20N2O3/c1-12(2)9-17-16(19)15-8-14(21-18-15)11-20-10-13-6-4-3-5-7-13/h3-8,12H,9-11H2,1-2H3,(H,17,19). The lowest BCUT2D eigenvalue weighted by molar-refractivity contribution is 0.0877. The maximum atomic E-state index is 11.8. The minimum absolute atomic E-state index is 0.221. The number of carbonyl (C=O) groups is 1. The van der Waals surface area contributed by atoms with Crippen LogP contribution in [0.4, 0.5) is 0 Å². The largest absolute Gasteiger partial charge is 0.369 e. The summed E-state index contributed by atoms with van der Waals surface area (Å²) in [7, 11) is 0. The van der Waals surface area contributed by atoms with Gasteiger partial charge >= 0.3 is 0 Å². The van der Waals surface area contributed by atoms with E-state index in [1.54, 1.807) is 6.07 Å². The summed E-state index contributed by atoms with van der Waals surface area (Å²) in [6.07, 6.45) is 0. The molecule has 0 radical (unpaired) electrons. The third kappa shape index (κ3) is 5.04. The lowest BCUT2D eigenvalue weighted by atomic mass is 10.2. The first-order valence-corrected chi connectivity index (χ1v) is 7.00. The highest BCUT2D eigenvalue weighted by atomic mass is 16.5. The van der Waals surface area contributed by atoms with Gasteiger partial charge in [-0.2, -0.15) is 0 Å². The van der Waals surface area contributed by atoms with Crippen LogP contribution in [0.2, 0.25) is 0 Å². The third-order valence-corrected chi connectivity index (χ3v) is 2.82. The number of nitrogens with one attached hydrogen (secondary N) is 1. The van der Waals surface area contributed by atoms with Gasteiger partial charge in [0.05, 0.1) is 6.61 Å². The van der Waals surface area contributed by atoms with E-state index in [2.05, 4.69) is 10.5 Å². The van der Waals surface area contributed by atoms with Gasteiger partial charge in [0.1, 0.15) is 6.61 Å². The second-order valence-electron chi connectivity index (χ2n) is 5.26. The van der Waals surface area contributed by atoms with E-state index in [0.29, 0.717) is 31.4 Å². The van der Waals surface area contributed by atoms with Crippen LogP contribution < -0.4 is 5.32 Å². The van der Waals surface area contributed by atoms with Crippen molar-refractivity contribution in [1.82, 2.24) is 10.5 Å². The van der Waals surface area contributed by atoms with E-state index in [9.17, 15) is 4.79 Å². The maximum absolute atomic E-state index is 11.8. The van der Waals surface area contributed by atoms with Crippen LogP contribution in [-0.4, -0.2) is 17.6 Å². The molecular formula is C16H20N2O3. The fourth-order valence-corrected chi connectivity index (χ4v) is 1.72. The fourth-order valence-electron chi connectivity index (χ4n) is 1.72. The Morgan fingerprint density at radius 3 is 2.76 bits per heavy atom. The Morgan fingerprint density at radius 1 is 1.29 bits per heavy atom. The molecule has 1 amide bonds. The maximum Gasteiger partial charge on any atom is 0.273 e. The van der Waals surface area contributed by atoms with Gasteiger partial charge in [0.2, 0.25) is 0 Å². The molecule has 1 heterocycles. The molecule has 1 aromatic heterocycles. The molecule has 21 heavy (non-hydrogen) atoms. The van der Waals surface area contributed by atoms with Crippen LogP contribution >= 0.6 is 0 Å². The number of amides is 1. The molecule has 0 aliphatic carbocycles. The third-order valence-electron chi connectivity index (χ3n) is 2.82. The van der Waals surface area contributed by atoms with Crippen molar-refractivity contribution in [2.75, 3.05) is 6.54 Å². The number of carbonyl (C=O) groups excluding carboxylic acids is 1. The Morgan fingerprint density at radius 2 is 2.05 bits per heavy atom. The first kappa shape index (κ1) is 15.3. The quantitative estimate of drug-likeness (QED) is 0.851. The van der Waals surface area contributed by atoms with Gasteiger partial charge in [-0.15, -0.1) is 0 Å². The summed E-state index contributed by atoms with van der Waals surface area (Å²) < 4.78 is 10.6. The molecule has 1 aromatic carbocycles. The number of rotatable bonds is 7. The Balaban J connectivity index is 1.79. The lowest BCUT2D eigenvalue weighted by Crippen LogP contribution is -2.27. The zero-order valence-electron chi connectivity index (χ0n) is 12.3. The molecule has 2 aromatic rings. The molecule has 0 unspecified atom stereocenters. The Labute approximate surface area is 124 Å². The Bertz CT molecular complexity index is 564. The number of aromatic nitrogens is 1. The number of benzene rings is 1. The highest BCUT2D eigenvalue weighted by molar-refractivity contribution is 5.92. The Kier molecular flexibility index (Phi) is 5.51. The minimum atomic E-state index is -0.221. The van der Waals surface area contributed by atoms with Gasteiger partial charge in [-0.25, -0.2) is 0 Å². The Hall–Kier alpha value is -2.14. The van der Waals surface area contributed by atoms with E-state index in [-0.39, 0.29) is 11.6 Å². The second kappa shape index (κ2) is 7.59. The van der Waals surface area contributed by atoms with Crippen molar-refractivity contribution >= 4 is 5.91 Å². The average Bonchev–Trinajstić information content (AvgIpc) is 2.95. The first-order chi connectivity index (χ1) is 10.1. The van der Waals surface area contributed by atoms with Gasteiger partial charge in [0.25, 0.3) is 5.91 Å². The molecular weight excluding hydrogens is 268 g/mol. The van der Waals surface area contributed by atoms with Gasteiger partial charge in [0, 0.05) is 12.6 Å². The summed E-state index contributed by atoms with van der Waals surface area (Å²) in [5.74, 6) is 0.719. The van der Waals surface area contributed by atoms with E-state index in [1.165, 1.54) is 0 Å². The summed E-state index contributed by atoms with van der Waals surface area (Å²) in [5, 5.41) is 6.54. The van der Waals surface area contributed by atoms with E-state index in [0.717, 1.165) is 5.56 Å². The molecule has 2 rings (SSSR count). The summed E-state index contributed by atoms with van der Waals surface area (Å²) in [4.78, 5) is 11.8. The van der Waals surface area contributed by atoms with Crippen LogP contribution in [0.15, 0.2) is 40.9 Å². The first-order valence-electron chi connectivity index (χ1n) is 7.00. The van der Waals surface area contributed by atoms with Crippen LogP contribution in [-0.2, 0) is 18.0 Å². The van der Waals surface area contributed by atoms with Crippen molar-refractivity contribution in [3.05, 3.63) is 53.4 Å². The molecule has 0 saturated carbocycles. The highest BCUT2D eigenvalue weighted by Crippen LogP contribution is 2.08. The second-order valence-corrected chi connectivity index (χ2v) is 5.26. The van der Waals surface area contributed by atoms with Crippen LogP contribution in [0.1, 0.15) is 35.7 Å². The van der Waals surface area contributed by atoms with E-state index >= 15 is 0 Å². The molecule has 0 fully saturated rings. The molecule has 0 saturated heterocycles. The van der Waals surface area contributed by atoms with Gasteiger partial charge in [-0.3, -0.25) is 4.79 Å². The smallest absolute Gasteiger partial charge is 0.273 e. The normalized spacial score (nSPS) is 10.8. The molecule has 112 valence electrons. The van der Waals surface area contributed by atoms with Crippen molar-refractivity contribution in [3.63, 3.8) is 0 Å². The van der Waals surface area contributed by atoms with Crippen molar-refractivity contribution in [3.8, 4) is 0 Å². The molecule has 0 aliphatic heterocycles. The van der Waals surface area contributed by atoms with Crippen molar-refractivity contribution in [1.29, 1.82) is 0 Å². The number of nitrogens with zero attached hydrogens (tertiary/aromatic N) is 1. The van der Waals surface area contributed by atoms with E-state index in [1.807, 2.05) is 44.2 Å². The molecule has 5 nitrogen and oxygen atoms in total. The lowest BCUT2D eigenvalue weighted by Gasteiger charge is -2.04. The number of hydrogen-bond acceptors (Lipinski definition) is 4. The van der Waals surface area contributed by atoms with Gasteiger partial charge in [-0.1, -0.05) is 49.3 Å². The number of ether oxygens (including phenoxy) is 1. The van der Waals surface area contributed by atoms with Gasteiger partial charge in [-0.05, 0) is 11.5 Å². The van der Waals surface area contributed by atoms with Crippen LogP contribution in [0.25, 0.3) is 0 Å². The predicted octanol–water partition coefficient (Wildman–Crippen LogP) is 2.78. The molecule has 0 atom stereocenters. The van der Waals surface area contributed by atoms with Crippen LogP contribution in [0.5, 0.6) is 0 Å². The molecule has 0 spiro atoms. The van der Waals surface area contributed by atoms with Crippen molar-refractivity contribution in [2.45, 2.75) is 27.1 Å². The molecule has 1 N–H and O–H groups in total. The van der Waals surface area contributed by atoms with Crippen molar-refractivity contribution in [2.24, 2.45) is 5.92 Å². The monoisotopic (exact) mass is 288 g/mol. The molecule has 5 heteroatoms. The summed E-state index contributed by atoms with van der Waals surface area (Å²) >= 11 is 0. The van der Waals surface area contributed by atoms with E-state index in [4.69, 9.17) is 9.26 Å². The zero-order chi connectivity index (χ0) is 15.1. The van der Waals surface area contributed by atoms with Gasteiger partial charge < -0.3 is 14.6 Å². The number of hydrogen-bond donors (Lipinski definition) is 1. The topological polar surface area (TPSA) is 64.4 Å². The summed E-state index contributed by atoms with van der Waals surface area (Å²) in [6.45, 7) is 5.47. The molecule has 0 aliphatic rings. The van der Waals surface area contributed by atoms with Crippen molar-refractivity contribution < 1.29 is 14.1 Å². The van der Waals surface area contributed by atoms with Crippen LogP contribution in [0.3, 0.4) is 0 Å². The fraction of sp³-hybridized carbons (Fsp3) is 0.375. The summed E-state index contributed by atoms with van der Waals surface area (Å²) in [5.41, 5.74) is 1.38. The molecule has 0 bridgehead atoms. The SMILES string of the molecule is CC(C)CNC(=O)c1cc(COCc2ccccc2)on1. The highest BCUT2D eigenvalue weighted by Gasteiger charge is 2.12. The predicted molar refractivity (Wildman–Crippen MR) is 78.6 cm³/mol. The minimum Gasteiger partial charge on any atom is -0.369 e.